The molecule has 0 unspecified atom stereocenters. The summed E-state index contributed by atoms with van der Waals surface area (Å²) >= 11 is 1.75. The second kappa shape index (κ2) is 11.5. The van der Waals surface area contributed by atoms with Gasteiger partial charge < -0.3 is 15.1 Å². The van der Waals surface area contributed by atoms with Crippen molar-refractivity contribution in [3.05, 3.63) is 35.0 Å². The van der Waals surface area contributed by atoms with E-state index in [0.717, 1.165) is 18.9 Å². The summed E-state index contributed by atoms with van der Waals surface area (Å²) in [5, 5.41) is 5.26. The first-order valence-corrected chi connectivity index (χ1v) is 7.75. The summed E-state index contributed by atoms with van der Waals surface area (Å²) in [5.41, 5.74) is 0. The monoisotopic (exact) mass is 436 g/mol. The summed E-state index contributed by atoms with van der Waals surface area (Å²) < 4.78 is 0. The van der Waals surface area contributed by atoms with E-state index in [1.54, 1.807) is 36.4 Å². The molecule has 0 atom stereocenters. The van der Waals surface area contributed by atoms with E-state index in [1.807, 2.05) is 11.9 Å². The van der Waals surface area contributed by atoms with Crippen molar-refractivity contribution in [1.82, 2.24) is 15.1 Å². The number of hydrogen-bond donors (Lipinski definition) is 1. The van der Waals surface area contributed by atoms with Crippen LogP contribution in [-0.4, -0.2) is 62.4 Å². The molecule has 0 fully saturated rings. The number of nitrogens with zero attached hydrogens (tertiary/aromatic N) is 3. The minimum absolute atomic E-state index is 0. The number of carbonyl (C=O) groups excluding carboxylic acids is 1. The highest BCUT2D eigenvalue weighted by Gasteiger charge is 2.08. The average molecular weight is 436 g/mol. The van der Waals surface area contributed by atoms with Gasteiger partial charge in [0.1, 0.15) is 6.54 Å². The van der Waals surface area contributed by atoms with Crippen LogP contribution in [0.4, 0.5) is 0 Å². The third kappa shape index (κ3) is 7.79. The molecule has 1 heterocycles. The molecule has 5 nitrogen and oxygen atoms in total. The topological polar surface area (TPSA) is 47.9 Å². The molecule has 0 saturated carbocycles. The van der Waals surface area contributed by atoms with E-state index in [-0.39, 0.29) is 36.4 Å². The minimum atomic E-state index is -0.0143. The quantitative estimate of drug-likeness (QED) is 0.308. The zero-order valence-corrected chi connectivity index (χ0v) is 16.6. The lowest BCUT2D eigenvalue weighted by Gasteiger charge is -2.22. The fraction of sp³-hybridized carbons (Fsp3) is 0.467. The predicted octanol–water partition coefficient (Wildman–Crippen LogP) is 2.06. The molecular weight excluding hydrogens is 411 g/mol. The Hall–Kier alpha value is -1.09. The zero-order chi connectivity index (χ0) is 15.7. The van der Waals surface area contributed by atoms with E-state index >= 15 is 0 Å². The molecule has 0 aliphatic carbocycles. The Morgan fingerprint density at radius 2 is 2.18 bits per heavy atom. The Kier molecular flexibility index (Phi) is 10.9. The lowest BCUT2D eigenvalue weighted by atomic mass is 10.3. The van der Waals surface area contributed by atoms with Crippen LogP contribution in [0.15, 0.2) is 35.2 Å². The highest BCUT2D eigenvalue weighted by molar-refractivity contribution is 14.0. The van der Waals surface area contributed by atoms with Crippen molar-refractivity contribution >= 4 is 47.2 Å². The number of nitrogens with one attached hydrogen (secondary N) is 1. The number of carbonyl (C=O) groups is 1. The summed E-state index contributed by atoms with van der Waals surface area (Å²) in [7, 11) is 5.44. The molecular formula is C15H25IN4OS. The van der Waals surface area contributed by atoms with Gasteiger partial charge in [-0.25, -0.2) is 4.99 Å². The second-order valence-electron chi connectivity index (χ2n) is 4.85. The fourth-order valence-corrected chi connectivity index (χ4v) is 2.30. The Morgan fingerprint density at radius 3 is 2.73 bits per heavy atom. The maximum atomic E-state index is 11.6. The van der Waals surface area contributed by atoms with Crippen molar-refractivity contribution < 1.29 is 4.79 Å². The number of amides is 1. The molecule has 0 bridgehead atoms. The molecule has 0 spiro atoms. The number of halogens is 1. The summed E-state index contributed by atoms with van der Waals surface area (Å²) in [6.07, 6.45) is 2.74. The summed E-state index contributed by atoms with van der Waals surface area (Å²) in [6.45, 7) is 5.31. The van der Waals surface area contributed by atoms with Crippen molar-refractivity contribution in [2.45, 2.75) is 6.42 Å². The molecule has 0 saturated heterocycles. The molecule has 0 aliphatic heterocycles. The van der Waals surface area contributed by atoms with E-state index in [2.05, 4.69) is 34.4 Å². The third-order valence-electron chi connectivity index (χ3n) is 2.90. The molecule has 124 valence electrons. The molecule has 1 aromatic rings. The van der Waals surface area contributed by atoms with Gasteiger partial charge in [-0.1, -0.05) is 12.1 Å². The van der Waals surface area contributed by atoms with Gasteiger partial charge >= 0.3 is 0 Å². The summed E-state index contributed by atoms with van der Waals surface area (Å²) in [5.74, 6) is 0.709. The zero-order valence-electron chi connectivity index (χ0n) is 13.4. The SMILES string of the molecule is C=CCNC(=NCC(=O)N(C)C)N(C)CCc1cccs1.I. The first kappa shape index (κ1) is 20.9. The van der Waals surface area contributed by atoms with Gasteiger partial charge in [0.25, 0.3) is 0 Å². The minimum Gasteiger partial charge on any atom is -0.353 e. The Morgan fingerprint density at radius 1 is 1.45 bits per heavy atom. The van der Waals surface area contributed by atoms with Crippen LogP contribution in [0.1, 0.15) is 4.88 Å². The largest absolute Gasteiger partial charge is 0.353 e. The van der Waals surface area contributed by atoms with Crippen LogP contribution in [-0.2, 0) is 11.2 Å². The van der Waals surface area contributed by atoms with Crippen LogP contribution >= 0.6 is 35.3 Å². The van der Waals surface area contributed by atoms with Crippen molar-refractivity contribution in [3.8, 4) is 0 Å². The smallest absolute Gasteiger partial charge is 0.243 e. The molecule has 1 rings (SSSR count). The van der Waals surface area contributed by atoms with Gasteiger partial charge in [-0.2, -0.15) is 0 Å². The first-order valence-electron chi connectivity index (χ1n) is 6.87. The number of aliphatic imine (C=N–C) groups is 1. The molecule has 1 N–H and O–H groups in total. The number of hydrogen-bond acceptors (Lipinski definition) is 3. The van der Waals surface area contributed by atoms with Crippen molar-refractivity contribution in [2.75, 3.05) is 40.8 Å². The van der Waals surface area contributed by atoms with E-state index in [9.17, 15) is 4.79 Å². The first-order chi connectivity index (χ1) is 10.0. The van der Waals surface area contributed by atoms with Gasteiger partial charge in [-0.05, 0) is 17.9 Å². The van der Waals surface area contributed by atoms with E-state index < -0.39 is 0 Å². The van der Waals surface area contributed by atoms with Crippen molar-refractivity contribution in [3.63, 3.8) is 0 Å². The van der Waals surface area contributed by atoms with E-state index in [4.69, 9.17) is 0 Å². The van der Waals surface area contributed by atoms with Crippen LogP contribution in [0.5, 0.6) is 0 Å². The number of thiophene rings is 1. The molecule has 0 aliphatic rings. The number of likely N-dealkylation sites (N-methyl/N-ethyl adjacent to an activating group) is 2. The normalized spacial score (nSPS) is 10.6. The third-order valence-corrected chi connectivity index (χ3v) is 3.84. The standard InChI is InChI=1S/C15H24N4OS.HI/c1-5-9-16-15(17-12-14(20)18(2)3)19(4)10-8-13-7-6-11-21-13;/h5-7,11H,1,8-10,12H2,2-4H3,(H,16,17);1H. The molecule has 1 aromatic heterocycles. The van der Waals surface area contributed by atoms with Crippen LogP contribution in [0.25, 0.3) is 0 Å². The van der Waals surface area contributed by atoms with Crippen molar-refractivity contribution in [2.24, 2.45) is 4.99 Å². The Balaban J connectivity index is 0.00000441. The van der Waals surface area contributed by atoms with Gasteiger partial charge in [-0.3, -0.25) is 4.79 Å². The van der Waals surface area contributed by atoms with Crippen LogP contribution in [0.3, 0.4) is 0 Å². The summed E-state index contributed by atoms with van der Waals surface area (Å²) in [6, 6.07) is 4.18. The lowest BCUT2D eigenvalue weighted by Crippen LogP contribution is -2.41. The molecule has 0 aromatic carbocycles. The van der Waals surface area contributed by atoms with Crippen LogP contribution in [0.2, 0.25) is 0 Å². The summed E-state index contributed by atoms with van der Waals surface area (Å²) in [4.78, 5) is 20.9. The lowest BCUT2D eigenvalue weighted by molar-refractivity contribution is -0.127. The van der Waals surface area contributed by atoms with Gasteiger partial charge in [-0.15, -0.1) is 41.9 Å². The highest BCUT2D eigenvalue weighted by atomic mass is 127. The molecule has 1 amide bonds. The highest BCUT2D eigenvalue weighted by Crippen LogP contribution is 2.09. The maximum Gasteiger partial charge on any atom is 0.243 e. The maximum absolute atomic E-state index is 11.6. The van der Waals surface area contributed by atoms with Crippen molar-refractivity contribution in [1.29, 1.82) is 0 Å². The Labute approximate surface area is 154 Å². The Bertz CT molecular complexity index is 474. The van der Waals surface area contributed by atoms with E-state index in [1.165, 1.54) is 4.88 Å². The average Bonchev–Trinajstić information content (AvgIpc) is 2.97. The predicted molar refractivity (Wildman–Crippen MR) is 105 cm³/mol. The van der Waals surface area contributed by atoms with Crippen LogP contribution < -0.4 is 5.32 Å². The van der Waals surface area contributed by atoms with Gasteiger partial charge in [0.15, 0.2) is 5.96 Å². The van der Waals surface area contributed by atoms with Gasteiger partial charge in [0, 0.05) is 39.1 Å². The number of rotatable bonds is 7. The second-order valence-corrected chi connectivity index (χ2v) is 5.88. The van der Waals surface area contributed by atoms with Gasteiger partial charge in [0.05, 0.1) is 0 Å². The fourth-order valence-electron chi connectivity index (χ4n) is 1.60. The number of guanidine groups is 1. The molecule has 0 radical (unpaired) electrons. The van der Waals surface area contributed by atoms with Gasteiger partial charge in [0.2, 0.25) is 5.91 Å². The van der Waals surface area contributed by atoms with Crippen LogP contribution in [0, 0.1) is 0 Å². The molecule has 22 heavy (non-hydrogen) atoms. The molecule has 7 heteroatoms. The van der Waals surface area contributed by atoms with E-state index in [0.29, 0.717) is 6.54 Å².